The number of carboxylic acid groups (broad SMARTS) is 1. The van der Waals surface area contributed by atoms with Gasteiger partial charge in [-0.15, -0.1) is 0 Å². The Kier molecular flexibility index (Phi) is 3.44. The van der Waals surface area contributed by atoms with Crippen molar-refractivity contribution >= 4 is 17.7 Å². The first-order valence-electron chi connectivity index (χ1n) is 5.52. The van der Waals surface area contributed by atoms with Gasteiger partial charge in [0, 0.05) is 11.8 Å². The molecule has 2 aromatic rings. The van der Waals surface area contributed by atoms with E-state index in [2.05, 4.69) is 0 Å². The fraction of sp³-hybridized carbons (Fsp3) is 0. The number of aliphatic carboxylic acids is 1. The van der Waals surface area contributed by atoms with E-state index < -0.39 is 5.97 Å². The molecule has 0 radical (unpaired) electrons. The lowest BCUT2D eigenvalue weighted by Gasteiger charge is -2.04. The fourth-order valence-corrected chi connectivity index (χ4v) is 1.71. The summed E-state index contributed by atoms with van der Waals surface area (Å²) in [6.45, 7) is 0. The summed E-state index contributed by atoms with van der Waals surface area (Å²) in [5.74, 6) is -0.954. The van der Waals surface area contributed by atoms with E-state index in [1.54, 1.807) is 6.08 Å². The second kappa shape index (κ2) is 5.19. The molecular weight excluding hydrogens is 226 g/mol. The first-order valence-corrected chi connectivity index (χ1v) is 5.52. The quantitative estimate of drug-likeness (QED) is 0.639. The molecular formula is C15H13NO2. The van der Waals surface area contributed by atoms with Crippen LogP contribution in [0.4, 0.5) is 5.69 Å². The first kappa shape index (κ1) is 11.9. The van der Waals surface area contributed by atoms with Crippen LogP contribution in [-0.4, -0.2) is 11.1 Å². The topological polar surface area (TPSA) is 63.3 Å². The minimum absolute atomic E-state index is 0.707. The van der Waals surface area contributed by atoms with E-state index in [0.717, 1.165) is 22.8 Å². The Balaban J connectivity index is 2.35. The second-order valence-electron chi connectivity index (χ2n) is 3.92. The average molecular weight is 239 g/mol. The number of hydrogen-bond donors (Lipinski definition) is 2. The normalized spacial score (nSPS) is 10.7. The maximum absolute atomic E-state index is 10.5. The number of nitrogens with two attached hydrogens (primary N) is 1. The highest BCUT2D eigenvalue weighted by atomic mass is 16.4. The van der Waals surface area contributed by atoms with Crippen molar-refractivity contribution in [2.45, 2.75) is 0 Å². The zero-order valence-corrected chi connectivity index (χ0v) is 9.71. The van der Waals surface area contributed by atoms with Crippen LogP contribution in [0.3, 0.4) is 0 Å². The summed E-state index contributed by atoms with van der Waals surface area (Å²) in [6, 6.07) is 15.2. The third-order valence-electron chi connectivity index (χ3n) is 2.52. The summed E-state index contributed by atoms with van der Waals surface area (Å²) >= 11 is 0. The Bertz CT molecular complexity index is 603. The van der Waals surface area contributed by atoms with Crippen LogP contribution in [0.1, 0.15) is 5.56 Å². The van der Waals surface area contributed by atoms with Crippen LogP contribution < -0.4 is 5.73 Å². The van der Waals surface area contributed by atoms with Crippen molar-refractivity contribution in [2.75, 3.05) is 5.73 Å². The molecule has 3 heteroatoms. The van der Waals surface area contributed by atoms with Gasteiger partial charge in [-0.05, 0) is 41.0 Å². The van der Waals surface area contributed by atoms with Crippen molar-refractivity contribution < 1.29 is 9.90 Å². The Morgan fingerprint density at radius 2 is 1.72 bits per heavy atom. The lowest BCUT2D eigenvalue weighted by atomic mass is 10.0. The van der Waals surface area contributed by atoms with Crippen molar-refractivity contribution in [3.05, 3.63) is 60.2 Å². The molecule has 0 aliphatic heterocycles. The van der Waals surface area contributed by atoms with Crippen LogP contribution in [0.2, 0.25) is 0 Å². The number of benzene rings is 2. The highest BCUT2D eigenvalue weighted by molar-refractivity contribution is 5.85. The van der Waals surface area contributed by atoms with E-state index in [1.165, 1.54) is 0 Å². The molecule has 3 nitrogen and oxygen atoms in total. The van der Waals surface area contributed by atoms with E-state index in [9.17, 15) is 4.79 Å². The van der Waals surface area contributed by atoms with Crippen molar-refractivity contribution in [3.8, 4) is 11.1 Å². The molecule has 0 aliphatic carbocycles. The van der Waals surface area contributed by atoms with Gasteiger partial charge in [-0.25, -0.2) is 4.79 Å². The molecule has 0 aromatic heterocycles. The van der Waals surface area contributed by atoms with Gasteiger partial charge >= 0.3 is 5.97 Å². The maximum atomic E-state index is 10.5. The standard InChI is InChI=1S/C15H13NO2/c16-14-6-2-5-13(10-14)12-4-1-3-11(9-12)7-8-15(17)18/h1-10H,16H2,(H,17,18). The molecule has 0 fully saturated rings. The molecule has 0 spiro atoms. The molecule has 0 aliphatic rings. The second-order valence-corrected chi connectivity index (χ2v) is 3.92. The Labute approximate surface area is 105 Å². The Morgan fingerprint density at radius 1 is 1.06 bits per heavy atom. The number of nitrogen functional groups attached to an aromatic ring is 1. The minimum Gasteiger partial charge on any atom is -0.478 e. The van der Waals surface area contributed by atoms with Crippen LogP contribution in [0.25, 0.3) is 17.2 Å². The molecule has 0 unspecified atom stereocenters. The van der Waals surface area contributed by atoms with Gasteiger partial charge in [0.15, 0.2) is 0 Å². The SMILES string of the molecule is Nc1cccc(-c2cccc(C=CC(=O)O)c2)c1. The van der Waals surface area contributed by atoms with Crippen LogP contribution in [0, 0.1) is 0 Å². The predicted octanol–water partition coefficient (Wildman–Crippen LogP) is 3.03. The van der Waals surface area contributed by atoms with Gasteiger partial charge in [0.05, 0.1) is 0 Å². The zero-order chi connectivity index (χ0) is 13.0. The number of carboxylic acids is 1. The van der Waals surface area contributed by atoms with Gasteiger partial charge in [0.2, 0.25) is 0 Å². The molecule has 0 saturated carbocycles. The highest BCUT2D eigenvalue weighted by Crippen LogP contribution is 2.22. The zero-order valence-electron chi connectivity index (χ0n) is 9.71. The summed E-state index contributed by atoms with van der Waals surface area (Å²) in [7, 11) is 0. The number of hydrogen-bond acceptors (Lipinski definition) is 2. The summed E-state index contributed by atoms with van der Waals surface area (Å²) in [4.78, 5) is 10.5. The van der Waals surface area contributed by atoms with Gasteiger partial charge < -0.3 is 10.8 Å². The maximum Gasteiger partial charge on any atom is 0.328 e. The van der Waals surface area contributed by atoms with Gasteiger partial charge in [-0.3, -0.25) is 0 Å². The summed E-state index contributed by atoms with van der Waals surface area (Å²) < 4.78 is 0. The third kappa shape index (κ3) is 2.98. The number of anilines is 1. The molecule has 0 saturated heterocycles. The average Bonchev–Trinajstić information content (AvgIpc) is 2.37. The highest BCUT2D eigenvalue weighted by Gasteiger charge is 1.98. The van der Waals surface area contributed by atoms with Crippen LogP contribution in [0.5, 0.6) is 0 Å². The van der Waals surface area contributed by atoms with Crippen molar-refractivity contribution in [2.24, 2.45) is 0 Å². The first-order chi connectivity index (χ1) is 8.65. The molecule has 0 heterocycles. The van der Waals surface area contributed by atoms with Crippen molar-refractivity contribution in [1.82, 2.24) is 0 Å². The van der Waals surface area contributed by atoms with Gasteiger partial charge in [0.1, 0.15) is 0 Å². The Morgan fingerprint density at radius 3 is 2.39 bits per heavy atom. The number of carbonyl (C=O) groups is 1. The Hall–Kier alpha value is -2.55. The lowest BCUT2D eigenvalue weighted by molar-refractivity contribution is -0.131. The predicted molar refractivity (Wildman–Crippen MR) is 73.0 cm³/mol. The van der Waals surface area contributed by atoms with Crippen molar-refractivity contribution in [3.63, 3.8) is 0 Å². The lowest BCUT2D eigenvalue weighted by Crippen LogP contribution is -1.87. The van der Waals surface area contributed by atoms with Gasteiger partial charge in [-0.2, -0.15) is 0 Å². The summed E-state index contributed by atoms with van der Waals surface area (Å²) in [5, 5.41) is 8.59. The van der Waals surface area contributed by atoms with Crippen LogP contribution >= 0.6 is 0 Å². The molecule has 0 bridgehead atoms. The fourth-order valence-electron chi connectivity index (χ4n) is 1.71. The molecule has 0 atom stereocenters. The van der Waals surface area contributed by atoms with E-state index in [-0.39, 0.29) is 0 Å². The van der Waals surface area contributed by atoms with Gasteiger partial charge in [-0.1, -0.05) is 30.3 Å². The summed E-state index contributed by atoms with van der Waals surface area (Å²) in [5.41, 5.74) is 9.32. The molecule has 2 aromatic carbocycles. The van der Waals surface area contributed by atoms with E-state index in [1.807, 2.05) is 48.5 Å². The van der Waals surface area contributed by atoms with E-state index in [4.69, 9.17) is 10.8 Å². The third-order valence-corrected chi connectivity index (χ3v) is 2.52. The molecule has 2 rings (SSSR count). The molecule has 3 N–H and O–H groups in total. The monoisotopic (exact) mass is 239 g/mol. The molecule has 18 heavy (non-hydrogen) atoms. The van der Waals surface area contributed by atoms with E-state index >= 15 is 0 Å². The van der Waals surface area contributed by atoms with E-state index in [0.29, 0.717) is 5.69 Å². The largest absolute Gasteiger partial charge is 0.478 e. The minimum atomic E-state index is -0.954. The van der Waals surface area contributed by atoms with Crippen LogP contribution in [0.15, 0.2) is 54.6 Å². The molecule has 0 amide bonds. The number of rotatable bonds is 3. The summed E-state index contributed by atoms with van der Waals surface area (Å²) in [6.07, 6.45) is 2.69. The van der Waals surface area contributed by atoms with Crippen molar-refractivity contribution in [1.29, 1.82) is 0 Å². The van der Waals surface area contributed by atoms with Crippen LogP contribution in [-0.2, 0) is 4.79 Å². The molecule has 90 valence electrons. The smallest absolute Gasteiger partial charge is 0.328 e. The van der Waals surface area contributed by atoms with Gasteiger partial charge in [0.25, 0.3) is 0 Å².